The van der Waals surface area contributed by atoms with Gasteiger partial charge in [0, 0.05) is 7.11 Å². The van der Waals surface area contributed by atoms with Crippen molar-refractivity contribution in [3.63, 3.8) is 0 Å². The van der Waals surface area contributed by atoms with Crippen molar-refractivity contribution in [2.24, 2.45) is 0 Å². The summed E-state index contributed by atoms with van der Waals surface area (Å²) in [5.74, 6) is 0. The topological polar surface area (TPSA) is 49.7 Å². The third kappa shape index (κ3) is 1.35. The van der Waals surface area contributed by atoms with E-state index in [0.717, 1.165) is 0 Å². The molecule has 62 valence electrons. The van der Waals surface area contributed by atoms with Gasteiger partial charge in [-0.05, 0) is 6.08 Å². The van der Waals surface area contributed by atoms with E-state index in [1.165, 1.54) is 7.11 Å². The summed E-state index contributed by atoms with van der Waals surface area (Å²) in [6, 6.07) is 0. The van der Waals surface area contributed by atoms with Gasteiger partial charge in [-0.25, -0.2) is 0 Å². The summed E-state index contributed by atoms with van der Waals surface area (Å²) in [4.78, 5) is 0. The molecule has 3 heteroatoms. The largest absolute Gasteiger partial charge is 0.393 e. The number of aliphatic hydroxyl groups excluding tert-OH is 2. The Balaban J connectivity index is 2.82. The summed E-state index contributed by atoms with van der Waals surface area (Å²) >= 11 is 0. The van der Waals surface area contributed by atoms with Gasteiger partial charge in [0.15, 0.2) is 0 Å². The number of hydrogen-bond donors (Lipinski definition) is 2. The fourth-order valence-electron chi connectivity index (χ4n) is 1.05. The van der Waals surface area contributed by atoms with Gasteiger partial charge in [-0.2, -0.15) is 0 Å². The minimum absolute atomic E-state index is 0.217. The van der Waals surface area contributed by atoms with Crippen molar-refractivity contribution in [3.05, 3.63) is 24.3 Å². The summed E-state index contributed by atoms with van der Waals surface area (Å²) in [5.41, 5.74) is -0.936. The van der Waals surface area contributed by atoms with Gasteiger partial charge in [0.25, 0.3) is 0 Å². The molecule has 1 rings (SSSR count). The van der Waals surface area contributed by atoms with Crippen LogP contribution in [0.15, 0.2) is 24.3 Å². The predicted octanol–water partition coefficient (Wildman–Crippen LogP) is -0.149. The van der Waals surface area contributed by atoms with Crippen molar-refractivity contribution >= 4 is 0 Å². The van der Waals surface area contributed by atoms with Crippen LogP contribution in [0.5, 0.6) is 0 Å². The summed E-state index contributed by atoms with van der Waals surface area (Å²) < 4.78 is 5.00. The third-order valence-corrected chi connectivity index (χ3v) is 1.91. The fourth-order valence-corrected chi connectivity index (χ4v) is 1.05. The van der Waals surface area contributed by atoms with E-state index in [-0.39, 0.29) is 6.61 Å². The summed E-state index contributed by atoms with van der Waals surface area (Å²) in [7, 11) is 1.46. The lowest BCUT2D eigenvalue weighted by molar-refractivity contribution is -0.0796. The highest BCUT2D eigenvalue weighted by atomic mass is 16.5. The zero-order valence-electron chi connectivity index (χ0n) is 6.40. The molecular formula is C8H12O3. The average molecular weight is 156 g/mol. The standard InChI is InChI=1S/C8H12O3/c1-11-8(6-9)5-3-2-4-7(8)10/h2-5,7,9-10H,6H2,1H3. The Morgan fingerprint density at radius 2 is 2.27 bits per heavy atom. The van der Waals surface area contributed by atoms with E-state index in [2.05, 4.69) is 0 Å². The Hall–Kier alpha value is -0.640. The number of hydrogen-bond acceptors (Lipinski definition) is 3. The maximum atomic E-state index is 9.40. The Labute approximate surface area is 65.6 Å². The SMILES string of the molecule is COC1(CO)C=CC=CC1O. The van der Waals surface area contributed by atoms with E-state index in [4.69, 9.17) is 9.84 Å². The van der Waals surface area contributed by atoms with Crippen LogP contribution < -0.4 is 0 Å². The summed E-state index contributed by atoms with van der Waals surface area (Å²) in [6.45, 7) is -0.217. The van der Waals surface area contributed by atoms with Gasteiger partial charge in [0.2, 0.25) is 0 Å². The predicted molar refractivity (Wildman–Crippen MR) is 41.1 cm³/mol. The van der Waals surface area contributed by atoms with Crippen molar-refractivity contribution in [1.82, 2.24) is 0 Å². The highest BCUT2D eigenvalue weighted by molar-refractivity contribution is 5.23. The van der Waals surface area contributed by atoms with E-state index < -0.39 is 11.7 Å². The van der Waals surface area contributed by atoms with Gasteiger partial charge in [0.1, 0.15) is 11.7 Å². The monoisotopic (exact) mass is 156 g/mol. The second-order valence-corrected chi connectivity index (χ2v) is 2.51. The lowest BCUT2D eigenvalue weighted by Crippen LogP contribution is -2.45. The highest BCUT2D eigenvalue weighted by Crippen LogP contribution is 2.21. The van der Waals surface area contributed by atoms with Crippen LogP contribution in [0.2, 0.25) is 0 Å². The first-order chi connectivity index (χ1) is 5.25. The molecule has 0 radical (unpaired) electrons. The number of methoxy groups -OCH3 is 1. The van der Waals surface area contributed by atoms with Gasteiger partial charge in [0.05, 0.1) is 6.61 Å². The van der Waals surface area contributed by atoms with Crippen molar-refractivity contribution < 1.29 is 14.9 Å². The molecule has 0 aromatic carbocycles. The Morgan fingerprint density at radius 1 is 1.55 bits per heavy atom. The molecular weight excluding hydrogens is 144 g/mol. The highest BCUT2D eigenvalue weighted by Gasteiger charge is 2.34. The van der Waals surface area contributed by atoms with Gasteiger partial charge < -0.3 is 14.9 Å². The smallest absolute Gasteiger partial charge is 0.138 e. The molecule has 0 amide bonds. The van der Waals surface area contributed by atoms with Crippen molar-refractivity contribution in [2.75, 3.05) is 13.7 Å². The van der Waals surface area contributed by atoms with Crippen molar-refractivity contribution in [1.29, 1.82) is 0 Å². The minimum Gasteiger partial charge on any atom is -0.393 e. The molecule has 1 aliphatic rings. The third-order valence-electron chi connectivity index (χ3n) is 1.91. The quantitative estimate of drug-likeness (QED) is 0.584. The van der Waals surface area contributed by atoms with Crippen LogP contribution in [-0.4, -0.2) is 35.6 Å². The maximum absolute atomic E-state index is 9.40. The lowest BCUT2D eigenvalue weighted by atomic mass is 9.93. The molecule has 0 aromatic rings. The molecule has 0 bridgehead atoms. The lowest BCUT2D eigenvalue weighted by Gasteiger charge is -2.31. The van der Waals surface area contributed by atoms with Gasteiger partial charge in [-0.15, -0.1) is 0 Å². The van der Waals surface area contributed by atoms with Crippen LogP contribution in [0.1, 0.15) is 0 Å². The van der Waals surface area contributed by atoms with Crippen LogP contribution in [0.4, 0.5) is 0 Å². The van der Waals surface area contributed by atoms with Crippen LogP contribution >= 0.6 is 0 Å². The number of ether oxygens (including phenoxy) is 1. The van der Waals surface area contributed by atoms with Crippen molar-refractivity contribution in [3.8, 4) is 0 Å². The molecule has 3 nitrogen and oxygen atoms in total. The van der Waals surface area contributed by atoms with Crippen LogP contribution in [-0.2, 0) is 4.74 Å². The second kappa shape index (κ2) is 3.17. The molecule has 0 aromatic heterocycles. The van der Waals surface area contributed by atoms with E-state index >= 15 is 0 Å². The molecule has 0 heterocycles. The summed E-state index contributed by atoms with van der Waals surface area (Å²) in [6.07, 6.45) is 5.93. The average Bonchev–Trinajstić information content (AvgIpc) is 2.06. The van der Waals surface area contributed by atoms with Crippen LogP contribution in [0.25, 0.3) is 0 Å². The Kier molecular flexibility index (Phi) is 2.44. The van der Waals surface area contributed by atoms with Crippen molar-refractivity contribution in [2.45, 2.75) is 11.7 Å². The Morgan fingerprint density at radius 3 is 2.64 bits per heavy atom. The molecule has 2 atom stereocenters. The normalized spacial score (nSPS) is 36.1. The van der Waals surface area contributed by atoms with E-state index in [1.54, 1.807) is 24.3 Å². The van der Waals surface area contributed by atoms with E-state index in [1.807, 2.05) is 0 Å². The minimum atomic E-state index is -0.936. The molecule has 11 heavy (non-hydrogen) atoms. The first kappa shape index (κ1) is 8.46. The molecule has 0 fully saturated rings. The van der Waals surface area contributed by atoms with Gasteiger partial charge >= 0.3 is 0 Å². The first-order valence-corrected chi connectivity index (χ1v) is 3.45. The van der Waals surface area contributed by atoms with E-state index in [9.17, 15) is 5.11 Å². The number of allylic oxidation sites excluding steroid dienone is 2. The zero-order valence-corrected chi connectivity index (χ0v) is 6.40. The van der Waals surface area contributed by atoms with Crippen LogP contribution in [0, 0.1) is 0 Å². The molecule has 0 aliphatic heterocycles. The molecule has 0 saturated heterocycles. The van der Waals surface area contributed by atoms with Gasteiger partial charge in [-0.3, -0.25) is 0 Å². The molecule has 0 spiro atoms. The number of aliphatic hydroxyl groups is 2. The van der Waals surface area contributed by atoms with Crippen LogP contribution in [0.3, 0.4) is 0 Å². The zero-order chi connectivity index (χ0) is 8.32. The fraction of sp³-hybridized carbons (Fsp3) is 0.500. The van der Waals surface area contributed by atoms with E-state index in [0.29, 0.717) is 0 Å². The molecule has 1 aliphatic carbocycles. The molecule has 2 unspecified atom stereocenters. The maximum Gasteiger partial charge on any atom is 0.138 e. The molecule has 0 saturated carbocycles. The summed E-state index contributed by atoms with van der Waals surface area (Å²) in [5, 5.41) is 18.3. The van der Waals surface area contributed by atoms with Gasteiger partial charge in [-0.1, -0.05) is 18.2 Å². The second-order valence-electron chi connectivity index (χ2n) is 2.51. The first-order valence-electron chi connectivity index (χ1n) is 3.45. The Bertz CT molecular complexity index is 180. The molecule has 2 N–H and O–H groups in total. The number of rotatable bonds is 2.